The Balaban J connectivity index is 1.53. The molecule has 3 rings (SSSR count). The van der Waals surface area contributed by atoms with Gasteiger partial charge in [0.2, 0.25) is 11.8 Å². The number of hydrogen-bond donors (Lipinski definition) is 2. The highest BCUT2D eigenvalue weighted by Crippen LogP contribution is 2.23. The molecule has 1 heterocycles. The minimum absolute atomic E-state index is 0.0205. The molecular weight excluding hydrogens is 392 g/mol. The second-order valence-electron chi connectivity index (χ2n) is 6.82. The van der Waals surface area contributed by atoms with E-state index in [0.717, 1.165) is 29.8 Å². The fourth-order valence-electron chi connectivity index (χ4n) is 3.33. The zero-order valence-electron chi connectivity index (χ0n) is 15.7. The Labute approximate surface area is 172 Å². The first-order valence-electron chi connectivity index (χ1n) is 9.22. The fourth-order valence-corrected chi connectivity index (χ4v) is 4.03. The summed E-state index contributed by atoms with van der Waals surface area (Å²) < 4.78 is 0. The molecule has 0 saturated carbocycles. The maximum absolute atomic E-state index is 12.2. The van der Waals surface area contributed by atoms with Crippen molar-refractivity contribution in [2.45, 2.75) is 30.3 Å². The van der Waals surface area contributed by atoms with Crippen LogP contribution in [0.3, 0.4) is 0 Å². The van der Waals surface area contributed by atoms with E-state index in [1.165, 1.54) is 23.9 Å². The standard InChI is InChI=1S/C20H22N4O4S/c21-20(26)18-5-2-10-23(18)12-14-3-1-4-15(11-14)22-19(25)13-29-17-8-6-16(7-9-17)24(27)28/h1,3-4,6-9,11,18H,2,5,10,12-13H2,(H2,21,26)(H,22,25). The molecule has 1 aliphatic heterocycles. The van der Waals surface area contributed by atoms with E-state index in [9.17, 15) is 19.7 Å². The molecule has 0 spiro atoms. The average Bonchev–Trinajstić information content (AvgIpc) is 3.15. The maximum Gasteiger partial charge on any atom is 0.269 e. The van der Waals surface area contributed by atoms with Gasteiger partial charge in [0.1, 0.15) is 0 Å². The van der Waals surface area contributed by atoms with Crippen LogP contribution in [0.4, 0.5) is 11.4 Å². The largest absolute Gasteiger partial charge is 0.368 e. The summed E-state index contributed by atoms with van der Waals surface area (Å²) in [5.74, 6) is -0.269. The molecular formula is C20H22N4O4S. The minimum Gasteiger partial charge on any atom is -0.368 e. The number of thioether (sulfide) groups is 1. The number of nitro groups is 1. The number of primary amides is 1. The van der Waals surface area contributed by atoms with Crippen LogP contribution in [0.5, 0.6) is 0 Å². The number of nitro benzene ring substituents is 1. The summed E-state index contributed by atoms with van der Waals surface area (Å²) in [6.45, 7) is 1.44. The molecule has 3 N–H and O–H groups in total. The lowest BCUT2D eigenvalue weighted by Crippen LogP contribution is -2.39. The van der Waals surface area contributed by atoms with Gasteiger partial charge in [0.15, 0.2) is 0 Å². The normalized spacial score (nSPS) is 16.5. The maximum atomic E-state index is 12.2. The Hall–Kier alpha value is -2.91. The van der Waals surface area contributed by atoms with Crippen LogP contribution >= 0.6 is 11.8 Å². The van der Waals surface area contributed by atoms with Crippen molar-refractivity contribution in [1.29, 1.82) is 0 Å². The fraction of sp³-hybridized carbons (Fsp3) is 0.300. The van der Waals surface area contributed by atoms with Gasteiger partial charge < -0.3 is 11.1 Å². The highest BCUT2D eigenvalue weighted by atomic mass is 32.2. The number of nitrogens with one attached hydrogen (secondary N) is 1. The van der Waals surface area contributed by atoms with E-state index >= 15 is 0 Å². The van der Waals surface area contributed by atoms with E-state index in [1.54, 1.807) is 12.1 Å². The number of nitrogens with zero attached hydrogens (tertiary/aromatic N) is 2. The zero-order chi connectivity index (χ0) is 20.8. The van der Waals surface area contributed by atoms with E-state index < -0.39 is 4.92 Å². The molecule has 8 nitrogen and oxygen atoms in total. The summed E-state index contributed by atoms with van der Waals surface area (Å²) in [6, 6.07) is 13.4. The number of hydrogen-bond acceptors (Lipinski definition) is 6. The van der Waals surface area contributed by atoms with Gasteiger partial charge in [0.05, 0.1) is 16.7 Å². The van der Waals surface area contributed by atoms with Gasteiger partial charge in [-0.1, -0.05) is 12.1 Å². The van der Waals surface area contributed by atoms with Gasteiger partial charge in [0.25, 0.3) is 5.69 Å². The molecule has 1 unspecified atom stereocenters. The molecule has 9 heteroatoms. The second kappa shape index (κ2) is 9.53. The van der Waals surface area contributed by atoms with Gasteiger partial charge in [-0.15, -0.1) is 11.8 Å². The number of rotatable bonds is 8. The van der Waals surface area contributed by atoms with Crippen LogP contribution in [-0.2, 0) is 16.1 Å². The highest BCUT2D eigenvalue weighted by Gasteiger charge is 2.28. The van der Waals surface area contributed by atoms with E-state index in [-0.39, 0.29) is 29.3 Å². The Morgan fingerprint density at radius 2 is 2.00 bits per heavy atom. The van der Waals surface area contributed by atoms with Gasteiger partial charge >= 0.3 is 0 Å². The first-order chi connectivity index (χ1) is 13.9. The number of carbonyl (C=O) groups excluding carboxylic acids is 2. The van der Waals surface area contributed by atoms with Gasteiger partial charge in [-0.05, 0) is 49.2 Å². The Morgan fingerprint density at radius 1 is 1.24 bits per heavy atom. The first kappa shape index (κ1) is 20.8. The Bertz CT molecular complexity index is 904. The lowest BCUT2D eigenvalue weighted by molar-refractivity contribution is -0.384. The summed E-state index contributed by atoms with van der Waals surface area (Å²) in [5, 5.41) is 13.5. The molecule has 152 valence electrons. The number of nitrogens with two attached hydrogens (primary N) is 1. The van der Waals surface area contributed by atoms with Crippen molar-refractivity contribution in [2.24, 2.45) is 5.73 Å². The summed E-state index contributed by atoms with van der Waals surface area (Å²) >= 11 is 1.31. The molecule has 2 amide bonds. The minimum atomic E-state index is -0.456. The van der Waals surface area contributed by atoms with Crippen LogP contribution in [0.25, 0.3) is 0 Å². The van der Waals surface area contributed by atoms with Crippen molar-refractivity contribution in [3.8, 4) is 0 Å². The molecule has 29 heavy (non-hydrogen) atoms. The summed E-state index contributed by atoms with van der Waals surface area (Å²) in [7, 11) is 0. The number of anilines is 1. The third kappa shape index (κ3) is 5.78. The molecule has 1 saturated heterocycles. The van der Waals surface area contributed by atoms with Crippen molar-refractivity contribution in [2.75, 3.05) is 17.6 Å². The summed E-state index contributed by atoms with van der Waals surface area (Å²) in [5.41, 5.74) is 7.17. The lowest BCUT2D eigenvalue weighted by atomic mass is 10.1. The van der Waals surface area contributed by atoms with Gasteiger partial charge in [-0.2, -0.15) is 0 Å². The Morgan fingerprint density at radius 3 is 2.69 bits per heavy atom. The predicted octanol–water partition coefficient (Wildman–Crippen LogP) is 2.78. The SMILES string of the molecule is NC(=O)C1CCCN1Cc1cccc(NC(=O)CSc2ccc([N+](=O)[O-])cc2)c1. The van der Waals surface area contributed by atoms with E-state index in [0.29, 0.717) is 12.2 Å². The van der Waals surface area contributed by atoms with Crippen molar-refractivity contribution >= 4 is 35.0 Å². The molecule has 1 fully saturated rings. The number of benzene rings is 2. The van der Waals surface area contributed by atoms with Crippen LogP contribution in [0, 0.1) is 10.1 Å². The zero-order valence-corrected chi connectivity index (χ0v) is 16.6. The molecule has 2 aromatic rings. The molecule has 0 radical (unpaired) electrons. The topological polar surface area (TPSA) is 119 Å². The molecule has 1 atom stereocenters. The predicted molar refractivity (Wildman–Crippen MR) is 112 cm³/mol. The van der Waals surface area contributed by atoms with E-state index in [1.807, 2.05) is 24.3 Å². The quantitative estimate of drug-likeness (QED) is 0.389. The smallest absolute Gasteiger partial charge is 0.269 e. The van der Waals surface area contributed by atoms with Gasteiger partial charge in [-0.3, -0.25) is 24.6 Å². The van der Waals surface area contributed by atoms with Crippen LogP contribution in [0.1, 0.15) is 18.4 Å². The van der Waals surface area contributed by atoms with Crippen molar-refractivity contribution in [3.63, 3.8) is 0 Å². The highest BCUT2D eigenvalue weighted by molar-refractivity contribution is 8.00. The third-order valence-corrected chi connectivity index (χ3v) is 5.72. The summed E-state index contributed by atoms with van der Waals surface area (Å²) in [6.07, 6.45) is 1.73. The van der Waals surface area contributed by atoms with Crippen molar-refractivity contribution in [1.82, 2.24) is 4.90 Å². The molecule has 0 bridgehead atoms. The third-order valence-electron chi connectivity index (χ3n) is 4.71. The number of amides is 2. The van der Waals surface area contributed by atoms with Gasteiger partial charge in [-0.25, -0.2) is 0 Å². The molecule has 0 aromatic heterocycles. The van der Waals surface area contributed by atoms with Crippen LogP contribution in [-0.4, -0.2) is 40.0 Å². The van der Waals surface area contributed by atoms with Gasteiger partial charge in [0, 0.05) is 29.3 Å². The Kier molecular flexibility index (Phi) is 6.84. The van der Waals surface area contributed by atoms with Crippen LogP contribution in [0.2, 0.25) is 0 Å². The molecule has 1 aliphatic rings. The van der Waals surface area contributed by atoms with Crippen molar-refractivity contribution in [3.05, 3.63) is 64.2 Å². The van der Waals surface area contributed by atoms with Crippen LogP contribution < -0.4 is 11.1 Å². The molecule has 2 aromatic carbocycles. The van der Waals surface area contributed by atoms with Crippen LogP contribution in [0.15, 0.2) is 53.4 Å². The lowest BCUT2D eigenvalue weighted by Gasteiger charge is -2.22. The average molecular weight is 414 g/mol. The first-order valence-corrected chi connectivity index (χ1v) is 10.2. The van der Waals surface area contributed by atoms with Crippen molar-refractivity contribution < 1.29 is 14.5 Å². The summed E-state index contributed by atoms with van der Waals surface area (Å²) in [4.78, 5) is 36.9. The molecule has 0 aliphatic carbocycles. The number of non-ortho nitro benzene ring substituents is 1. The van der Waals surface area contributed by atoms with E-state index in [4.69, 9.17) is 5.73 Å². The monoisotopic (exact) mass is 414 g/mol. The number of likely N-dealkylation sites (tertiary alicyclic amines) is 1. The number of carbonyl (C=O) groups is 2. The van der Waals surface area contributed by atoms with E-state index in [2.05, 4.69) is 10.2 Å². The second-order valence-corrected chi connectivity index (χ2v) is 7.87.